The number of anilines is 2. The predicted molar refractivity (Wildman–Crippen MR) is 138 cm³/mol. The fourth-order valence-corrected chi connectivity index (χ4v) is 3.32. The average Bonchev–Trinajstić information content (AvgIpc) is 2.89. The first-order valence-corrected chi connectivity index (χ1v) is 11.9. The number of benzene rings is 3. The normalized spacial score (nSPS) is 12.6. The van der Waals surface area contributed by atoms with E-state index in [1.807, 2.05) is 24.3 Å². The van der Waals surface area contributed by atoms with Gasteiger partial charge >= 0.3 is 0 Å². The highest BCUT2D eigenvalue weighted by Crippen LogP contribution is 2.18. The topological polar surface area (TPSA) is 83.0 Å². The number of aliphatic hydroxyl groups excluding tert-OH is 2. The monoisotopic (exact) mass is 464 g/mol. The lowest BCUT2D eigenvalue weighted by Gasteiger charge is -2.16. The molecule has 0 saturated carbocycles. The van der Waals surface area contributed by atoms with Gasteiger partial charge in [-0.1, -0.05) is 38.1 Å². The molecule has 2 atom stereocenters. The summed E-state index contributed by atoms with van der Waals surface area (Å²) >= 11 is 0. The summed E-state index contributed by atoms with van der Waals surface area (Å²) in [5, 5.41) is 26.8. The Bertz CT molecular complexity index is 879. The van der Waals surface area contributed by atoms with Crippen LogP contribution >= 0.6 is 0 Å². The van der Waals surface area contributed by atoms with Crippen LogP contribution in [0.5, 0.6) is 11.5 Å². The zero-order chi connectivity index (χ0) is 24.2. The van der Waals surface area contributed by atoms with Crippen LogP contribution in [0.1, 0.15) is 25.0 Å². The van der Waals surface area contributed by atoms with Gasteiger partial charge in [-0.3, -0.25) is 0 Å². The number of hydrogen-bond acceptors (Lipinski definition) is 6. The molecular formula is C28H36N2O4. The van der Waals surface area contributed by atoms with E-state index in [4.69, 9.17) is 9.47 Å². The van der Waals surface area contributed by atoms with Gasteiger partial charge in [-0.15, -0.1) is 0 Å². The van der Waals surface area contributed by atoms with Gasteiger partial charge in [0.25, 0.3) is 0 Å². The molecule has 34 heavy (non-hydrogen) atoms. The van der Waals surface area contributed by atoms with Crippen molar-refractivity contribution < 1.29 is 19.7 Å². The standard InChI is InChI=1S/C28H36N2O4/c1-3-21-5-9-23(10-6-21)29-17-25(31)19-33-27-13-15-28(16-14-27)34-20-26(32)18-30-24-11-7-22(4-2)8-12-24/h5-16,25-26,29-32H,3-4,17-20H2,1-2H3/t25-,26-/m1/s1. The number of aliphatic hydroxyl groups is 2. The third kappa shape index (κ3) is 8.61. The van der Waals surface area contributed by atoms with Crippen molar-refractivity contribution in [1.82, 2.24) is 0 Å². The fourth-order valence-electron chi connectivity index (χ4n) is 3.32. The Balaban J connectivity index is 1.32. The molecule has 0 unspecified atom stereocenters. The highest BCUT2D eigenvalue weighted by atomic mass is 16.5. The first-order valence-electron chi connectivity index (χ1n) is 11.9. The third-order valence-corrected chi connectivity index (χ3v) is 5.52. The third-order valence-electron chi connectivity index (χ3n) is 5.52. The molecular weight excluding hydrogens is 428 g/mol. The summed E-state index contributed by atoms with van der Waals surface area (Å²) < 4.78 is 11.3. The highest BCUT2D eigenvalue weighted by Gasteiger charge is 2.08. The molecule has 0 amide bonds. The van der Waals surface area contributed by atoms with E-state index in [0.717, 1.165) is 24.2 Å². The van der Waals surface area contributed by atoms with Crippen molar-refractivity contribution in [2.45, 2.75) is 38.9 Å². The largest absolute Gasteiger partial charge is 0.491 e. The van der Waals surface area contributed by atoms with E-state index in [-0.39, 0.29) is 13.2 Å². The van der Waals surface area contributed by atoms with E-state index in [0.29, 0.717) is 24.6 Å². The Morgan fingerprint density at radius 1 is 0.588 bits per heavy atom. The Labute approximate surface area is 202 Å². The van der Waals surface area contributed by atoms with Gasteiger partial charge in [0.05, 0.1) is 0 Å². The summed E-state index contributed by atoms with van der Waals surface area (Å²) in [6.07, 6.45) is 0.740. The average molecular weight is 465 g/mol. The summed E-state index contributed by atoms with van der Waals surface area (Å²) in [5.74, 6) is 1.30. The summed E-state index contributed by atoms with van der Waals surface area (Å²) in [5.41, 5.74) is 4.52. The van der Waals surface area contributed by atoms with Crippen molar-refractivity contribution in [3.63, 3.8) is 0 Å². The van der Waals surface area contributed by atoms with Crippen LogP contribution in [0, 0.1) is 0 Å². The molecule has 0 aliphatic rings. The zero-order valence-electron chi connectivity index (χ0n) is 20.0. The molecule has 4 N–H and O–H groups in total. The van der Waals surface area contributed by atoms with Crippen LogP contribution in [0.15, 0.2) is 72.8 Å². The van der Waals surface area contributed by atoms with E-state index in [2.05, 4.69) is 48.7 Å². The molecule has 3 aromatic carbocycles. The lowest BCUT2D eigenvalue weighted by Crippen LogP contribution is -2.26. The van der Waals surface area contributed by atoms with Crippen molar-refractivity contribution in [3.8, 4) is 11.5 Å². The summed E-state index contributed by atoms with van der Waals surface area (Å²) in [4.78, 5) is 0. The zero-order valence-corrected chi connectivity index (χ0v) is 20.0. The minimum absolute atomic E-state index is 0.184. The molecule has 0 heterocycles. The van der Waals surface area contributed by atoms with Crippen LogP contribution in [0.3, 0.4) is 0 Å². The molecule has 0 radical (unpaired) electrons. The molecule has 6 nitrogen and oxygen atoms in total. The molecule has 3 rings (SSSR count). The van der Waals surface area contributed by atoms with E-state index >= 15 is 0 Å². The van der Waals surface area contributed by atoms with Gasteiger partial charge in [0.1, 0.15) is 36.9 Å². The van der Waals surface area contributed by atoms with Crippen LogP contribution in [0.4, 0.5) is 11.4 Å². The molecule has 0 bridgehead atoms. The Kier molecular flexibility index (Phi) is 10.1. The number of aryl methyl sites for hydroxylation is 2. The lowest BCUT2D eigenvalue weighted by molar-refractivity contribution is 0.115. The smallest absolute Gasteiger partial charge is 0.119 e. The van der Waals surface area contributed by atoms with Crippen LogP contribution < -0.4 is 20.1 Å². The number of rotatable bonds is 14. The van der Waals surface area contributed by atoms with Crippen LogP contribution in [-0.2, 0) is 12.8 Å². The Morgan fingerprint density at radius 3 is 1.26 bits per heavy atom. The molecule has 0 aliphatic carbocycles. The van der Waals surface area contributed by atoms with Crippen molar-refractivity contribution in [3.05, 3.63) is 83.9 Å². The molecule has 0 spiro atoms. The van der Waals surface area contributed by atoms with Gasteiger partial charge in [-0.05, 0) is 72.5 Å². The Hall–Kier alpha value is -3.22. The second-order valence-corrected chi connectivity index (χ2v) is 8.26. The first-order chi connectivity index (χ1) is 16.6. The number of nitrogens with one attached hydrogen (secondary N) is 2. The minimum Gasteiger partial charge on any atom is -0.491 e. The van der Waals surface area contributed by atoms with Crippen molar-refractivity contribution in [1.29, 1.82) is 0 Å². The van der Waals surface area contributed by atoms with Gasteiger partial charge < -0.3 is 30.3 Å². The van der Waals surface area contributed by atoms with Crippen LogP contribution in [0.25, 0.3) is 0 Å². The van der Waals surface area contributed by atoms with Crippen molar-refractivity contribution >= 4 is 11.4 Å². The van der Waals surface area contributed by atoms with E-state index in [1.165, 1.54) is 11.1 Å². The minimum atomic E-state index is -0.636. The van der Waals surface area contributed by atoms with E-state index in [1.54, 1.807) is 24.3 Å². The van der Waals surface area contributed by atoms with Gasteiger partial charge in [0, 0.05) is 24.5 Å². The predicted octanol–water partition coefficient (Wildman–Crippen LogP) is 4.52. The highest BCUT2D eigenvalue weighted by molar-refractivity contribution is 5.45. The molecule has 0 saturated heterocycles. The van der Waals surface area contributed by atoms with Gasteiger partial charge in [0.2, 0.25) is 0 Å². The first kappa shape index (κ1) is 25.4. The van der Waals surface area contributed by atoms with E-state index < -0.39 is 12.2 Å². The van der Waals surface area contributed by atoms with Gasteiger partial charge in [-0.25, -0.2) is 0 Å². The molecule has 0 aromatic heterocycles. The SMILES string of the molecule is CCc1ccc(NC[C@@H](O)COc2ccc(OC[C@H](O)CNc3ccc(CC)cc3)cc2)cc1. The number of hydrogen-bond donors (Lipinski definition) is 4. The second kappa shape index (κ2) is 13.5. The van der Waals surface area contributed by atoms with Crippen LogP contribution in [-0.4, -0.2) is 48.7 Å². The fraction of sp³-hybridized carbons (Fsp3) is 0.357. The second-order valence-electron chi connectivity index (χ2n) is 8.26. The molecule has 182 valence electrons. The van der Waals surface area contributed by atoms with Gasteiger partial charge in [-0.2, -0.15) is 0 Å². The summed E-state index contributed by atoms with van der Waals surface area (Å²) in [6.45, 7) is 5.42. The summed E-state index contributed by atoms with van der Waals surface area (Å²) in [7, 11) is 0. The van der Waals surface area contributed by atoms with Crippen molar-refractivity contribution in [2.24, 2.45) is 0 Å². The maximum Gasteiger partial charge on any atom is 0.119 e. The van der Waals surface area contributed by atoms with Gasteiger partial charge in [0.15, 0.2) is 0 Å². The molecule has 0 aliphatic heterocycles. The Morgan fingerprint density at radius 2 is 0.941 bits per heavy atom. The molecule has 3 aromatic rings. The lowest BCUT2D eigenvalue weighted by atomic mass is 10.1. The van der Waals surface area contributed by atoms with Crippen LogP contribution in [0.2, 0.25) is 0 Å². The maximum atomic E-state index is 10.2. The maximum absolute atomic E-state index is 10.2. The molecule has 6 heteroatoms. The van der Waals surface area contributed by atoms with E-state index in [9.17, 15) is 10.2 Å². The molecule has 0 fully saturated rings. The summed E-state index contributed by atoms with van der Waals surface area (Å²) in [6, 6.07) is 23.5. The number of ether oxygens (including phenoxy) is 2. The van der Waals surface area contributed by atoms with Crippen molar-refractivity contribution in [2.75, 3.05) is 36.9 Å². The quantitative estimate of drug-likeness (QED) is 0.281.